The normalized spacial score (nSPS) is 13.0. The van der Waals surface area contributed by atoms with Crippen LogP contribution in [0.1, 0.15) is 30.7 Å². The molecule has 0 aliphatic heterocycles. The van der Waals surface area contributed by atoms with E-state index in [2.05, 4.69) is 21.0 Å². The van der Waals surface area contributed by atoms with Crippen LogP contribution in [0.25, 0.3) is 10.9 Å². The largest absolute Gasteiger partial charge is 0.363 e. The molecule has 2 heterocycles. The van der Waals surface area contributed by atoms with E-state index in [4.69, 9.17) is 0 Å². The summed E-state index contributed by atoms with van der Waals surface area (Å²) in [5.74, 6) is 1.39. The number of benzene rings is 1. The number of aryl methyl sites for hydroxylation is 1. The molecule has 0 aliphatic carbocycles. The molecule has 0 bridgehead atoms. The fourth-order valence-electron chi connectivity index (χ4n) is 3.41. The fraction of sp³-hybridized carbons (Fsp3) is 0.391. The summed E-state index contributed by atoms with van der Waals surface area (Å²) in [6.45, 7) is 3.86. The molecule has 7 nitrogen and oxygen atoms in total. The SMILES string of the molecule is CCc1cc2ccc(C(C)(C#N)Cc3cc(N(C)C)nc(N(C)C)n3)cc2[nH]c1=O. The summed E-state index contributed by atoms with van der Waals surface area (Å²) >= 11 is 0. The van der Waals surface area contributed by atoms with E-state index in [0.29, 0.717) is 18.8 Å². The number of H-pyrrole nitrogens is 1. The second-order valence-electron chi connectivity index (χ2n) is 8.21. The minimum atomic E-state index is -0.809. The Kier molecular flexibility index (Phi) is 5.79. The van der Waals surface area contributed by atoms with Crippen LogP contribution in [0.15, 0.2) is 35.1 Å². The van der Waals surface area contributed by atoms with Crippen LogP contribution in [0.4, 0.5) is 11.8 Å². The summed E-state index contributed by atoms with van der Waals surface area (Å²) in [4.78, 5) is 28.2. The molecule has 0 spiro atoms. The number of aromatic nitrogens is 3. The third kappa shape index (κ3) is 4.13. The molecule has 0 saturated carbocycles. The van der Waals surface area contributed by atoms with Crippen LogP contribution in [0.5, 0.6) is 0 Å². The monoisotopic (exact) mass is 404 g/mol. The van der Waals surface area contributed by atoms with E-state index in [9.17, 15) is 10.1 Å². The van der Waals surface area contributed by atoms with Gasteiger partial charge in [0.15, 0.2) is 0 Å². The molecule has 1 aromatic carbocycles. The Balaban J connectivity index is 2.06. The fourth-order valence-corrected chi connectivity index (χ4v) is 3.41. The Morgan fingerprint density at radius 1 is 1.10 bits per heavy atom. The van der Waals surface area contributed by atoms with Crippen molar-refractivity contribution < 1.29 is 0 Å². The van der Waals surface area contributed by atoms with Crippen LogP contribution in [0.3, 0.4) is 0 Å². The van der Waals surface area contributed by atoms with Gasteiger partial charge in [-0.25, -0.2) is 4.98 Å². The molecule has 0 amide bonds. The molecule has 2 aromatic heterocycles. The summed E-state index contributed by atoms with van der Waals surface area (Å²) in [6.07, 6.45) is 1.11. The second kappa shape index (κ2) is 8.15. The summed E-state index contributed by atoms with van der Waals surface area (Å²) in [5.41, 5.74) is 2.23. The zero-order valence-corrected chi connectivity index (χ0v) is 18.4. The third-order valence-corrected chi connectivity index (χ3v) is 5.33. The number of nitrogens with zero attached hydrogens (tertiary/aromatic N) is 5. The van der Waals surface area contributed by atoms with Crippen molar-refractivity contribution in [1.82, 2.24) is 15.0 Å². The lowest BCUT2D eigenvalue weighted by atomic mass is 9.79. The number of pyridine rings is 1. The zero-order valence-electron chi connectivity index (χ0n) is 18.4. The molecular formula is C23H28N6O. The minimum absolute atomic E-state index is 0.0807. The maximum absolute atomic E-state index is 12.2. The van der Waals surface area contributed by atoms with E-state index >= 15 is 0 Å². The highest BCUT2D eigenvalue weighted by Crippen LogP contribution is 2.30. The van der Waals surface area contributed by atoms with Gasteiger partial charge in [-0.3, -0.25) is 4.79 Å². The standard InChI is InChI=1S/C23H28N6O/c1-7-15-10-16-8-9-17(11-19(16)26-21(15)30)23(2,14-24)13-18-12-20(28(3)4)27-22(25-18)29(5)6/h8-12H,7,13H2,1-6H3,(H,26,30). The van der Waals surface area contributed by atoms with Crippen molar-refractivity contribution in [2.75, 3.05) is 38.0 Å². The first-order valence-electron chi connectivity index (χ1n) is 9.97. The Labute approximate surface area is 177 Å². The van der Waals surface area contributed by atoms with Gasteiger partial charge in [0.25, 0.3) is 5.56 Å². The van der Waals surface area contributed by atoms with Gasteiger partial charge in [-0.2, -0.15) is 10.2 Å². The van der Waals surface area contributed by atoms with Gasteiger partial charge in [0.05, 0.1) is 17.2 Å². The first-order chi connectivity index (χ1) is 14.2. The first kappa shape index (κ1) is 21.3. The third-order valence-electron chi connectivity index (χ3n) is 5.33. The molecule has 1 unspecified atom stereocenters. The molecular weight excluding hydrogens is 376 g/mol. The first-order valence-corrected chi connectivity index (χ1v) is 9.97. The number of hydrogen-bond acceptors (Lipinski definition) is 6. The van der Waals surface area contributed by atoms with Gasteiger partial charge in [-0.05, 0) is 36.4 Å². The van der Waals surface area contributed by atoms with E-state index in [-0.39, 0.29) is 5.56 Å². The number of rotatable bonds is 6. The average molecular weight is 405 g/mol. The maximum atomic E-state index is 12.2. The number of anilines is 2. The average Bonchev–Trinajstić information content (AvgIpc) is 2.72. The van der Waals surface area contributed by atoms with Crippen LogP contribution in [-0.2, 0) is 18.3 Å². The maximum Gasteiger partial charge on any atom is 0.251 e. The van der Waals surface area contributed by atoms with E-state index in [0.717, 1.165) is 33.5 Å². The van der Waals surface area contributed by atoms with Crippen LogP contribution >= 0.6 is 0 Å². The highest BCUT2D eigenvalue weighted by molar-refractivity contribution is 5.80. The molecule has 7 heteroatoms. The minimum Gasteiger partial charge on any atom is -0.363 e. The quantitative estimate of drug-likeness (QED) is 0.679. The van der Waals surface area contributed by atoms with Crippen molar-refractivity contribution >= 4 is 22.7 Å². The van der Waals surface area contributed by atoms with E-state index in [1.165, 1.54) is 0 Å². The number of fused-ring (bicyclic) bond motifs is 1. The van der Waals surface area contributed by atoms with Crippen molar-refractivity contribution in [1.29, 1.82) is 5.26 Å². The Morgan fingerprint density at radius 3 is 2.43 bits per heavy atom. The van der Waals surface area contributed by atoms with Gasteiger partial charge in [0.1, 0.15) is 5.82 Å². The molecule has 156 valence electrons. The van der Waals surface area contributed by atoms with Crippen molar-refractivity contribution in [2.45, 2.75) is 32.1 Å². The van der Waals surface area contributed by atoms with Crippen LogP contribution < -0.4 is 15.4 Å². The van der Waals surface area contributed by atoms with Crippen molar-refractivity contribution in [2.24, 2.45) is 0 Å². The lowest BCUT2D eigenvalue weighted by Crippen LogP contribution is -2.25. The lowest BCUT2D eigenvalue weighted by molar-refractivity contribution is 0.596. The van der Waals surface area contributed by atoms with Gasteiger partial charge >= 0.3 is 0 Å². The van der Waals surface area contributed by atoms with Crippen molar-refractivity contribution in [3.8, 4) is 6.07 Å². The second-order valence-corrected chi connectivity index (χ2v) is 8.21. The Bertz CT molecular complexity index is 1150. The predicted molar refractivity (Wildman–Crippen MR) is 121 cm³/mol. The van der Waals surface area contributed by atoms with Crippen molar-refractivity contribution in [3.63, 3.8) is 0 Å². The number of hydrogen-bond donors (Lipinski definition) is 1. The summed E-state index contributed by atoms with van der Waals surface area (Å²) in [6, 6.07) is 12.1. The topological polar surface area (TPSA) is 88.9 Å². The van der Waals surface area contributed by atoms with Gasteiger partial charge in [0, 0.05) is 51.8 Å². The van der Waals surface area contributed by atoms with E-state index in [1.807, 2.05) is 82.2 Å². The van der Waals surface area contributed by atoms with E-state index < -0.39 is 5.41 Å². The molecule has 1 atom stereocenters. The molecule has 0 aliphatic rings. The summed E-state index contributed by atoms with van der Waals surface area (Å²) in [7, 11) is 7.65. The van der Waals surface area contributed by atoms with Gasteiger partial charge in [0.2, 0.25) is 5.95 Å². The molecule has 1 N–H and O–H groups in total. The molecule has 30 heavy (non-hydrogen) atoms. The van der Waals surface area contributed by atoms with Crippen LogP contribution in [0, 0.1) is 11.3 Å². The number of nitriles is 1. The van der Waals surface area contributed by atoms with Crippen molar-refractivity contribution in [3.05, 3.63) is 57.5 Å². The Hall–Kier alpha value is -3.40. The van der Waals surface area contributed by atoms with Gasteiger partial charge in [-0.1, -0.05) is 19.1 Å². The summed E-state index contributed by atoms with van der Waals surface area (Å²) < 4.78 is 0. The molecule has 0 fully saturated rings. The molecule has 3 aromatic rings. The van der Waals surface area contributed by atoms with Crippen LogP contribution in [0.2, 0.25) is 0 Å². The molecule has 3 rings (SSSR count). The van der Waals surface area contributed by atoms with Gasteiger partial charge in [-0.15, -0.1) is 0 Å². The van der Waals surface area contributed by atoms with E-state index in [1.54, 1.807) is 0 Å². The molecule has 0 saturated heterocycles. The predicted octanol–water partition coefficient (Wildman–Crippen LogP) is 3.04. The number of nitrogens with one attached hydrogen (secondary N) is 1. The highest BCUT2D eigenvalue weighted by Gasteiger charge is 2.29. The highest BCUT2D eigenvalue weighted by atomic mass is 16.1. The molecule has 0 radical (unpaired) electrons. The van der Waals surface area contributed by atoms with Crippen LogP contribution in [-0.4, -0.2) is 43.1 Å². The zero-order chi connectivity index (χ0) is 22.1. The summed E-state index contributed by atoms with van der Waals surface area (Å²) in [5, 5.41) is 11.0. The number of aromatic amines is 1. The smallest absolute Gasteiger partial charge is 0.251 e. The van der Waals surface area contributed by atoms with Gasteiger partial charge < -0.3 is 14.8 Å². The Morgan fingerprint density at radius 2 is 1.83 bits per heavy atom. The lowest BCUT2D eigenvalue weighted by Gasteiger charge is -2.24.